The van der Waals surface area contributed by atoms with Gasteiger partial charge in [-0.25, -0.2) is 4.98 Å². The van der Waals surface area contributed by atoms with Crippen LogP contribution in [0.15, 0.2) is 10.7 Å². The quantitative estimate of drug-likeness (QED) is 0.610. The Morgan fingerprint density at radius 3 is 2.60 bits per heavy atom. The largest absolute Gasteiger partial charge is 1.00 e. The molecule has 0 aliphatic carbocycles. The number of nitrogens with one attached hydrogen (secondary N) is 1. The van der Waals surface area contributed by atoms with Crippen molar-refractivity contribution in [2.24, 2.45) is 0 Å². The second-order valence-corrected chi connectivity index (χ2v) is 2.53. The SMILES string of the molecule is [NH-]c1nc(Cl)ncc1Br.[Rb+]. The van der Waals surface area contributed by atoms with Crippen molar-refractivity contribution in [2.75, 3.05) is 0 Å². The van der Waals surface area contributed by atoms with Gasteiger partial charge in [-0.2, -0.15) is 0 Å². The summed E-state index contributed by atoms with van der Waals surface area (Å²) in [4.78, 5) is 7.17. The van der Waals surface area contributed by atoms with Crippen LogP contribution in [0.25, 0.3) is 5.73 Å². The number of rotatable bonds is 0. The van der Waals surface area contributed by atoms with E-state index in [4.69, 9.17) is 17.3 Å². The third-order valence-electron chi connectivity index (χ3n) is 0.715. The smallest absolute Gasteiger partial charge is 0.481 e. The summed E-state index contributed by atoms with van der Waals surface area (Å²) in [5, 5.41) is 0.100. The van der Waals surface area contributed by atoms with Crippen molar-refractivity contribution in [3.05, 3.63) is 21.7 Å². The van der Waals surface area contributed by atoms with Crippen molar-refractivity contribution >= 4 is 33.3 Å². The Kier molecular flexibility index (Phi) is 5.91. The fourth-order valence-corrected chi connectivity index (χ4v) is 0.670. The van der Waals surface area contributed by atoms with Crippen LogP contribution in [0.3, 0.4) is 0 Å². The molecule has 6 heteroatoms. The first-order chi connectivity index (χ1) is 4.20. The predicted molar refractivity (Wildman–Crippen MR) is 38.7 cm³/mol. The fourth-order valence-electron chi connectivity index (χ4n) is 0.346. The summed E-state index contributed by atoms with van der Waals surface area (Å²) in [6, 6.07) is 0. The maximum Gasteiger partial charge on any atom is 1.00 e. The first-order valence-electron chi connectivity index (χ1n) is 2.10. The molecule has 1 N–H and O–H groups in total. The second-order valence-electron chi connectivity index (χ2n) is 1.34. The second kappa shape index (κ2) is 5.16. The first-order valence-corrected chi connectivity index (χ1v) is 3.27. The average Bonchev–Trinajstić information content (AvgIpc) is 1.80. The predicted octanol–water partition coefficient (Wildman–Crippen LogP) is -0.420. The number of hydrogen-bond acceptors (Lipinski definition) is 2. The van der Waals surface area contributed by atoms with E-state index in [1.165, 1.54) is 6.20 Å². The Balaban J connectivity index is 0.000000810. The maximum absolute atomic E-state index is 7.08. The molecule has 0 spiro atoms. The molecular weight excluding hydrogens is 291 g/mol. The van der Waals surface area contributed by atoms with Gasteiger partial charge in [0.1, 0.15) is 5.28 Å². The van der Waals surface area contributed by atoms with Crippen LogP contribution in [0.1, 0.15) is 0 Å². The van der Waals surface area contributed by atoms with E-state index < -0.39 is 0 Å². The molecule has 0 atom stereocenters. The van der Waals surface area contributed by atoms with E-state index in [0.29, 0.717) is 4.47 Å². The van der Waals surface area contributed by atoms with Gasteiger partial charge in [0, 0.05) is 10.7 Å². The van der Waals surface area contributed by atoms with Gasteiger partial charge < -0.3 is 10.7 Å². The van der Waals surface area contributed by atoms with Gasteiger partial charge in [-0.1, -0.05) is 11.6 Å². The Morgan fingerprint density at radius 2 is 2.20 bits per heavy atom. The van der Waals surface area contributed by atoms with Crippen LogP contribution in [0.5, 0.6) is 0 Å². The van der Waals surface area contributed by atoms with Crippen LogP contribution in [0, 0.1) is 0 Å². The van der Waals surface area contributed by atoms with Gasteiger partial charge in [0.25, 0.3) is 0 Å². The summed E-state index contributed by atoms with van der Waals surface area (Å²) >= 11 is 8.41. The first kappa shape index (κ1) is 11.5. The summed E-state index contributed by atoms with van der Waals surface area (Å²) < 4.78 is 0.548. The zero-order valence-corrected chi connectivity index (χ0v) is 12.5. The minimum Gasteiger partial charge on any atom is -0.481 e. The van der Waals surface area contributed by atoms with Gasteiger partial charge in [0.05, 0.1) is 0 Å². The molecule has 1 aromatic rings. The maximum atomic E-state index is 7.08. The van der Waals surface area contributed by atoms with Crippen molar-refractivity contribution in [3.8, 4) is 0 Å². The fraction of sp³-hybridized carbons (Fsp3) is 0. The molecule has 0 radical (unpaired) electrons. The summed E-state index contributed by atoms with van der Waals surface area (Å²) in [6.07, 6.45) is 1.44. The Hall–Kier alpha value is 1.46. The normalized spacial score (nSPS) is 8.60. The van der Waals surface area contributed by atoms with Crippen molar-refractivity contribution in [3.63, 3.8) is 0 Å². The van der Waals surface area contributed by atoms with Crippen molar-refractivity contribution in [1.29, 1.82) is 0 Å². The Bertz CT molecular complexity index is 232. The molecule has 0 aliphatic rings. The monoisotopic (exact) mass is 291 g/mol. The van der Waals surface area contributed by atoms with Crippen LogP contribution in [0.4, 0.5) is 5.82 Å². The van der Waals surface area contributed by atoms with E-state index in [0.717, 1.165) is 0 Å². The molecule has 0 bridgehead atoms. The van der Waals surface area contributed by atoms with Crippen molar-refractivity contribution < 1.29 is 58.2 Å². The number of halogens is 2. The number of aromatic nitrogens is 2. The molecule has 1 rings (SSSR count). The van der Waals surface area contributed by atoms with Gasteiger partial charge in [-0.15, -0.1) is 0 Å². The molecule has 0 saturated carbocycles. The van der Waals surface area contributed by atoms with Crippen LogP contribution in [-0.4, -0.2) is 9.97 Å². The third kappa shape index (κ3) is 3.23. The standard InChI is InChI=1S/C4H2BrClN3.Rb/c5-2-1-8-4(6)9-3(2)7;/h1H,(H-,7,8,9);/q-1;+1. The molecule has 10 heavy (non-hydrogen) atoms. The van der Waals surface area contributed by atoms with Gasteiger partial charge >= 0.3 is 58.2 Å². The van der Waals surface area contributed by atoms with Crippen LogP contribution < -0.4 is 58.2 Å². The van der Waals surface area contributed by atoms with Gasteiger partial charge in [-0.05, 0) is 21.7 Å². The number of nitrogens with zero attached hydrogens (tertiary/aromatic N) is 2. The molecule has 3 nitrogen and oxygen atoms in total. The zero-order chi connectivity index (χ0) is 6.85. The van der Waals surface area contributed by atoms with E-state index in [2.05, 4.69) is 25.9 Å². The van der Waals surface area contributed by atoms with Crippen LogP contribution >= 0.6 is 27.5 Å². The third-order valence-corrected chi connectivity index (χ3v) is 1.48. The van der Waals surface area contributed by atoms with Crippen LogP contribution in [0.2, 0.25) is 5.28 Å². The Morgan fingerprint density at radius 1 is 1.60 bits per heavy atom. The van der Waals surface area contributed by atoms with E-state index in [9.17, 15) is 0 Å². The van der Waals surface area contributed by atoms with Gasteiger partial charge in [0.2, 0.25) is 0 Å². The van der Waals surface area contributed by atoms with Crippen molar-refractivity contribution in [1.82, 2.24) is 9.97 Å². The van der Waals surface area contributed by atoms with Gasteiger partial charge in [-0.3, -0.25) is 0 Å². The van der Waals surface area contributed by atoms with E-state index >= 15 is 0 Å². The van der Waals surface area contributed by atoms with E-state index in [1.807, 2.05) is 0 Å². The van der Waals surface area contributed by atoms with E-state index in [1.54, 1.807) is 0 Å². The number of hydrogen-bond donors (Lipinski definition) is 0. The summed E-state index contributed by atoms with van der Waals surface area (Å²) in [5.41, 5.74) is 7.08. The van der Waals surface area contributed by atoms with Crippen molar-refractivity contribution in [2.45, 2.75) is 0 Å². The molecule has 1 heterocycles. The molecule has 0 aromatic carbocycles. The average molecular weight is 293 g/mol. The molecule has 0 amide bonds. The summed E-state index contributed by atoms with van der Waals surface area (Å²) in [7, 11) is 0. The molecule has 0 saturated heterocycles. The molecule has 0 aliphatic heterocycles. The minimum atomic E-state index is 0. The minimum absolute atomic E-state index is 0. The molecule has 0 fully saturated rings. The van der Waals surface area contributed by atoms with E-state index in [-0.39, 0.29) is 69.3 Å². The molecule has 48 valence electrons. The topological polar surface area (TPSA) is 49.6 Å². The Labute approximate surface area is 121 Å². The van der Waals surface area contributed by atoms with Crippen LogP contribution in [-0.2, 0) is 0 Å². The zero-order valence-electron chi connectivity index (χ0n) is 5.23. The summed E-state index contributed by atoms with van der Waals surface area (Å²) in [6.45, 7) is 0. The summed E-state index contributed by atoms with van der Waals surface area (Å²) in [5.74, 6) is 0.106. The van der Waals surface area contributed by atoms with Gasteiger partial charge in [0.15, 0.2) is 0 Å². The molecule has 0 unspecified atom stereocenters. The molecule has 1 aromatic heterocycles. The molecular formula is C4H2BrClN3Rb.